The van der Waals surface area contributed by atoms with Crippen LogP contribution < -0.4 is 5.43 Å². The monoisotopic (exact) mass is 278 g/mol. The molecule has 4 rings (SSSR count). The molecule has 2 nitrogen and oxygen atoms in total. The molecule has 0 spiro atoms. The first kappa shape index (κ1) is 12.1. The Morgan fingerprint density at radius 3 is 2.52 bits per heavy atom. The van der Waals surface area contributed by atoms with Crippen LogP contribution in [0.1, 0.15) is 5.56 Å². The number of hydrogen-bond acceptors (Lipinski definition) is 2. The highest BCUT2D eigenvalue weighted by molar-refractivity contribution is 5.99. The van der Waals surface area contributed by atoms with Crippen molar-refractivity contribution < 1.29 is 8.81 Å². The van der Waals surface area contributed by atoms with E-state index in [0.29, 0.717) is 21.9 Å². The predicted octanol–water partition coefficient (Wildman–Crippen LogP) is 4.55. The third-order valence-electron chi connectivity index (χ3n) is 3.75. The van der Waals surface area contributed by atoms with Crippen molar-refractivity contribution in [2.45, 2.75) is 6.92 Å². The molecule has 0 unspecified atom stereocenters. The van der Waals surface area contributed by atoms with Crippen molar-refractivity contribution in [3.8, 4) is 0 Å². The molecule has 0 fully saturated rings. The van der Waals surface area contributed by atoms with Crippen LogP contribution in [0.25, 0.3) is 32.7 Å². The highest BCUT2D eigenvalue weighted by Gasteiger charge is 2.09. The standard InChI is InChI=1S/C18H11FO2/c1-10-2-5-14-16(6-10)21-17-9-12-7-13(19)4-3-11(12)8-15(17)18(14)20/h2-9H,1H3. The van der Waals surface area contributed by atoms with E-state index >= 15 is 0 Å². The number of aryl methyl sites for hydroxylation is 1. The number of halogens is 1. The van der Waals surface area contributed by atoms with E-state index in [9.17, 15) is 9.18 Å². The van der Waals surface area contributed by atoms with Crippen LogP contribution >= 0.6 is 0 Å². The van der Waals surface area contributed by atoms with E-state index in [1.165, 1.54) is 12.1 Å². The summed E-state index contributed by atoms with van der Waals surface area (Å²) in [5.74, 6) is -0.305. The van der Waals surface area contributed by atoms with Gasteiger partial charge in [0.25, 0.3) is 0 Å². The molecule has 0 radical (unpaired) electrons. The maximum absolute atomic E-state index is 13.3. The van der Waals surface area contributed by atoms with Crippen molar-refractivity contribution in [1.29, 1.82) is 0 Å². The van der Waals surface area contributed by atoms with Crippen molar-refractivity contribution in [2.24, 2.45) is 0 Å². The molecule has 1 aromatic heterocycles. The smallest absolute Gasteiger partial charge is 0.200 e. The highest BCUT2D eigenvalue weighted by atomic mass is 19.1. The van der Waals surface area contributed by atoms with Gasteiger partial charge >= 0.3 is 0 Å². The van der Waals surface area contributed by atoms with Crippen LogP contribution in [-0.2, 0) is 0 Å². The molecule has 4 aromatic rings. The van der Waals surface area contributed by atoms with Gasteiger partial charge in [-0.15, -0.1) is 0 Å². The van der Waals surface area contributed by atoms with Gasteiger partial charge in [0.05, 0.1) is 10.8 Å². The molecule has 3 aromatic carbocycles. The Kier molecular flexibility index (Phi) is 2.39. The summed E-state index contributed by atoms with van der Waals surface area (Å²) in [6.45, 7) is 1.94. The summed E-state index contributed by atoms with van der Waals surface area (Å²) in [6.07, 6.45) is 0. The molecule has 102 valence electrons. The van der Waals surface area contributed by atoms with Gasteiger partial charge in [-0.2, -0.15) is 0 Å². The van der Waals surface area contributed by atoms with Crippen molar-refractivity contribution in [3.05, 3.63) is 70.1 Å². The van der Waals surface area contributed by atoms with Gasteiger partial charge in [0, 0.05) is 0 Å². The molecule has 0 aliphatic heterocycles. The van der Waals surface area contributed by atoms with Crippen molar-refractivity contribution in [2.75, 3.05) is 0 Å². The molecule has 0 saturated heterocycles. The number of hydrogen-bond donors (Lipinski definition) is 0. The minimum absolute atomic E-state index is 0.0579. The number of fused-ring (bicyclic) bond motifs is 3. The van der Waals surface area contributed by atoms with E-state index in [1.807, 2.05) is 19.1 Å². The Morgan fingerprint density at radius 2 is 1.67 bits per heavy atom. The molecule has 0 saturated carbocycles. The van der Waals surface area contributed by atoms with Crippen molar-refractivity contribution in [1.82, 2.24) is 0 Å². The third-order valence-corrected chi connectivity index (χ3v) is 3.75. The van der Waals surface area contributed by atoms with Gasteiger partial charge in [-0.05, 0) is 59.7 Å². The summed E-state index contributed by atoms with van der Waals surface area (Å²) in [4.78, 5) is 12.6. The summed E-state index contributed by atoms with van der Waals surface area (Å²) < 4.78 is 19.2. The molecule has 0 atom stereocenters. The van der Waals surface area contributed by atoms with Gasteiger partial charge in [0.15, 0.2) is 0 Å². The Morgan fingerprint density at radius 1 is 0.857 bits per heavy atom. The highest BCUT2D eigenvalue weighted by Crippen LogP contribution is 2.25. The van der Waals surface area contributed by atoms with E-state index in [-0.39, 0.29) is 11.2 Å². The summed E-state index contributed by atoms with van der Waals surface area (Å²) in [5, 5.41) is 2.63. The minimum Gasteiger partial charge on any atom is -0.456 e. The van der Waals surface area contributed by atoms with Crippen LogP contribution in [-0.4, -0.2) is 0 Å². The lowest BCUT2D eigenvalue weighted by molar-refractivity contribution is 0.629. The van der Waals surface area contributed by atoms with Gasteiger partial charge < -0.3 is 4.42 Å². The first-order valence-corrected chi connectivity index (χ1v) is 6.68. The molecule has 0 bridgehead atoms. The Balaban J connectivity index is 2.22. The third kappa shape index (κ3) is 1.82. The SMILES string of the molecule is Cc1ccc2c(=O)c3cc4ccc(F)cc4cc3oc2c1. The molecule has 0 aliphatic rings. The zero-order valence-electron chi connectivity index (χ0n) is 11.3. The van der Waals surface area contributed by atoms with Gasteiger partial charge in [-0.3, -0.25) is 4.79 Å². The summed E-state index contributed by atoms with van der Waals surface area (Å²) >= 11 is 0. The molecular formula is C18H11FO2. The van der Waals surface area contributed by atoms with Crippen LogP contribution in [0.4, 0.5) is 4.39 Å². The second kappa shape index (κ2) is 4.16. The Labute approximate surface area is 119 Å². The Bertz CT molecular complexity index is 1070. The molecule has 21 heavy (non-hydrogen) atoms. The molecule has 1 heterocycles. The molecule has 0 amide bonds. The minimum atomic E-state index is -0.305. The fourth-order valence-corrected chi connectivity index (χ4v) is 2.67. The fraction of sp³-hybridized carbons (Fsp3) is 0.0556. The molecular weight excluding hydrogens is 267 g/mol. The number of benzene rings is 3. The molecule has 0 aliphatic carbocycles. The molecule has 0 N–H and O–H groups in total. The maximum Gasteiger partial charge on any atom is 0.200 e. The lowest BCUT2D eigenvalue weighted by atomic mass is 10.1. The van der Waals surface area contributed by atoms with E-state index in [0.717, 1.165) is 16.3 Å². The second-order valence-electron chi connectivity index (χ2n) is 5.27. The average Bonchev–Trinajstić information content (AvgIpc) is 2.45. The van der Waals surface area contributed by atoms with Gasteiger partial charge in [0.1, 0.15) is 17.0 Å². The van der Waals surface area contributed by atoms with Crippen molar-refractivity contribution in [3.63, 3.8) is 0 Å². The lowest BCUT2D eigenvalue weighted by Gasteiger charge is -2.04. The first-order valence-electron chi connectivity index (χ1n) is 6.68. The summed E-state index contributed by atoms with van der Waals surface area (Å²) in [7, 11) is 0. The lowest BCUT2D eigenvalue weighted by Crippen LogP contribution is -2.02. The topological polar surface area (TPSA) is 30.2 Å². The summed E-state index contributed by atoms with van der Waals surface area (Å²) in [6, 6.07) is 13.5. The van der Waals surface area contributed by atoms with Crippen LogP contribution in [0.5, 0.6) is 0 Å². The largest absolute Gasteiger partial charge is 0.456 e. The molecule has 3 heteroatoms. The quantitative estimate of drug-likeness (QED) is 0.442. The zero-order valence-corrected chi connectivity index (χ0v) is 11.3. The van der Waals surface area contributed by atoms with E-state index in [2.05, 4.69) is 0 Å². The normalized spacial score (nSPS) is 11.5. The summed E-state index contributed by atoms with van der Waals surface area (Å²) in [5.41, 5.74) is 2.01. The van der Waals surface area contributed by atoms with Crippen LogP contribution in [0.3, 0.4) is 0 Å². The predicted molar refractivity (Wildman–Crippen MR) is 82.2 cm³/mol. The second-order valence-corrected chi connectivity index (χ2v) is 5.27. The van der Waals surface area contributed by atoms with E-state index < -0.39 is 0 Å². The average molecular weight is 278 g/mol. The van der Waals surface area contributed by atoms with E-state index in [4.69, 9.17) is 4.42 Å². The first-order chi connectivity index (χ1) is 10.1. The fourth-order valence-electron chi connectivity index (χ4n) is 2.67. The van der Waals surface area contributed by atoms with Gasteiger partial charge in [0.2, 0.25) is 5.43 Å². The van der Waals surface area contributed by atoms with Crippen LogP contribution in [0, 0.1) is 12.7 Å². The van der Waals surface area contributed by atoms with Crippen LogP contribution in [0.2, 0.25) is 0 Å². The van der Waals surface area contributed by atoms with Crippen LogP contribution in [0.15, 0.2) is 57.7 Å². The van der Waals surface area contributed by atoms with Crippen molar-refractivity contribution >= 4 is 32.7 Å². The van der Waals surface area contributed by atoms with Gasteiger partial charge in [-0.1, -0.05) is 12.1 Å². The van der Waals surface area contributed by atoms with E-state index in [1.54, 1.807) is 24.3 Å². The zero-order chi connectivity index (χ0) is 14.6. The number of rotatable bonds is 0. The van der Waals surface area contributed by atoms with Gasteiger partial charge in [-0.25, -0.2) is 4.39 Å². The maximum atomic E-state index is 13.3. The Hall–Kier alpha value is -2.68.